The van der Waals surface area contributed by atoms with Crippen molar-refractivity contribution < 1.29 is 14.3 Å². The van der Waals surface area contributed by atoms with Gasteiger partial charge in [-0.3, -0.25) is 4.79 Å². The van der Waals surface area contributed by atoms with E-state index in [2.05, 4.69) is 20.8 Å². The predicted octanol–water partition coefficient (Wildman–Crippen LogP) is 2.78. The fourth-order valence-corrected chi connectivity index (χ4v) is 2.47. The van der Waals surface area contributed by atoms with Crippen molar-refractivity contribution in [2.75, 3.05) is 19.0 Å². The van der Waals surface area contributed by atoms with Gasteiger partial charge in [0.05, 0.1) is 19.4 Å². The largest absolute Gasteiger partial charge is 0.497 e. The van der Waals surface area contributed by atoms with E-state index in [1.807, 2.05) is 49.4 Å². The number of benzene rings is 2. The maximum absolute atomic E-state index is 12.2. The summed E-state index contributed by atoms with van der Waals surface area (Å²) in [5.41, 5.74) is 2.49. The molecule has 0 aliphatic carbocycles. The molecule has 0 atom stereocenters. The van der Waals surface area contributed by atoms with Crippen LogP contribution in [0.3, 0.4) is 0 Å². The van der Waals surface area contributed by atoms with Crippen molar-refractivity contribution >= 4 is 11.6 Å². The number of anilines is 1. The van der Waals surface area contributed by atoms with Crippen LogP contribution in [-0.4, -0.2) is 39.8 Å². The average Bonchev–Trinajstić information content (AvgIpc) is 3.22. The minimum absolute atomic E-state index is 0.0645. The molecule has 1 N–H and O–H groups in total. The molecule has 0 aliphatic heterocycles. The molecule has 0 aliphatic rings. The van der Waals surface area contributed by atoms with Gasteiger partial charge >= 0.3 is 0 Å². The summed E-state index contributed by atoms with van der Waals surface area (Å²) < 4.78 is 12.3. The molecule has 1 amide bonds. The first-order valence-corrected chi connectivity index (χ1v) is 8.56. The van der Waals surface area contributed by atoms with Crippen LogP contribution in [0.2, 0.25) is 0 Å². The van der Waals surface area contributed by atoms with Crippen molar-refractivity contribution in [1.29, 1.82) is 0 Å². The highest BCUT2D eigenvalue weighted by atomic mass is 16.5. The Morgan fingerprint density at radius 3 is 2.63 bits per heavy atom. The van der Waals surface area contributed by atoms with Gasteiger partial charge in [-0.1, -0.05) is 6.07 Å². The second kappa shape index (κ2) is 8.79. The van der Waals surface area contributed by atoms with Gasteiger partial charge in [0, 0.05) is 12.1 Å². The van der Waals surface area contributed by atoms with E-state index in [-0.39, 0.29) is 5.91 Å². The number of hydrogen-bond donors (Lipinski definition) is 1. The molecule has 140 valence electrons. The summed E-state index contributed by atoms with van der Waals surface area (Å²) in [7, 11) is 1.62. The number of carbonyl (C=O) groups excluding carboxylic acids is 1. The highest BCUT2D eigenvalue weighted by Crippen LogP contribution is 2.20. The molecule has 0 unspecified atom stereocenters. The Balaban J connectivity index is 1.48. The predicted molar refractivity (Wildman–Crippen MR) is 100 cm³/mol. The number of aromatic nitrogens is 4. The number of amides is 1. The summed E-state index contributed by atoms with van der Waals surface area (Å²) in [5.74, 6) is 1.47. The number of tetrazole rings is 1. The lowest BCUT2D eigenvalue weighted by Crippen LogP contribution is -2.14. The third-order valence-corrected chi connectivity index (χ3v) is 3.99. The van der Waals surface area contributed by atoms with Crippen LogP contribution < -0.4 is 14.8 Å². The minimum atomic E-state index is -0.0645. The Hall–Kier alpha value is -3.42. The lowest BCUT2D eigenvalue weighted by atomic mass is 10.1. The van der Waals surface area contributed by atoms with E-state index in [9.17, 15) is 4.79 Å². The van der Waals surface area contributed by atoms with E-state index in [4.69, 9.17) is 9.47 Å². The molecular weight excluding hydrogens is 346 g/mol. The topological polar surface area (TPSA) is 91.2 Å². The smallest absolute Gasteiger partial charge is 0.224 e. The summed E-state index contributed by atoms with van der Waals surface area (Å²) in [4.78, 5) is 12.2. The van der Waals surface area contributed by atoms with Crippen molar-refractivity contribution in [3.63, 3.8) is 0 Å². The highest BCUT2D eigenvalue weighted by Gasteiger charge is 2.08. The summed E-state index contributed by atoms with van der Waals surface area (Å²) in [5, 5.41) is 14.0. The Labute approximate surface area is 157 Å². The van der Waals surface area contributed by atoms with E-state index >= 15 is 0 Å². The van der Waals surface area contributed by atoms with Crippen molar-refractivity contribution in [3.05, 3.63) is 54.4 Å². The quantitative estimate of drug-likeness (QED) is 0.616. The van der Waals surface area contributed by atoms with Crippen LogP contribution in [-0.2, 0) is 4.79 Å². The molecule has 8 heteroatoms. The third kappa shape index (κ3) is 5.04. The fraction of sp³-hybridized carbons (Fsp3) is 0.263. The molecule has 3 rings (SSSR count). The first-order valence-electron chi connectivity index (χ1n) is 8.56. The lowest BCUT2D eigenvalue weighted by Gasteiger charge is -2.11. The Morgan fingerprint density at radius 1 is 1.15 bits per heavy atom. The van der Waals surface area contributed by atoms with E-state index in [0.29, 0.717) is 19.4 Å². The number of nitrogens with zero attached hydrogens (tertiary/aromatic N) is 4. The number of ether oxygens (including phenoxy) is 2. The molecule has 1 heterocycles. The van der Waals surface area contributed by atoms with Crippen LogP contribution in [0, 0.1) is 6.92 Å². The maximum atomic E-state index is 12.2. The molecular formula is C19H21N5O3. The number of nitrogens with one attached hydrogen (secondary N) is 1. The molecule has 1 aromatic heterocycles. The fourth-order valence-electron chi connectivity index (χ4n) is 2.47. The molecule has 0 spiro atoms. The zero-order chi connectivity index (χ0) is 19.1. The molecule has 0 radical (unpaired) electrons. The van der Waals surface area contributed by atoms with Crippen molar-refractivity contribution in [3.8, 4) is 17.2 Å². The van der Waals surface area contributed by atoms with Gasteiger partial charge in [-0.2, -0.15) is 0 Å². The van der Waals surface area contributed by atoms with Crippen molar-refractivity contribution in [2.24, 2.45) is 0 Å². The molecule has 2 aromatic carbocycles. The number of methoxy groups -OCH3 is 1. The van der Waals surface area contributed by atoms with Crippen molar-refractivity contribution in [1.82, 2.24) is 20.2 Å². The van der Waals surface area contributed by atoms with Crippen LogP contribution in [0.1, 0.15) is 18.4 Å². The van der Waals surface area contributed by atoms with E-state index in [0.717, 1.165) is 28.4 Å². The normalized spacial score (nSPS) is 10.4. The van der Waals surface area contributed by atoms with Crippen LogP contribution >= 0.6 is 0 Å². The van der Waals surface area contributed by atoms with Gasteiger partial charge in [0.2, 0.25) is 5.91 Å². The Morgan fingerprint density at radius 2 is 1.93 bits per heavy atom. The van der Waals surface area contributed by atoms with Gasteiger partial charge in [0.1, 0.15) is 17.8 Å². The number of rotatable bonds is 8. The van der Waals surface area contributed by atoms with Gasteiger partial charge in [-0.25, -0.2) is 4.68 Å². The second-order valence-corrected chi connectivity index (χ2v) is 5.93. The lowest BCUT2D eigenvalue weighted by molar-refractivity contribution is -0.116. The van der Waals surface area contributed by atoms with Gasteiger partial charge in [0.25, 0.3) is 0 Å². The summed E-state index contributed by atoms with van der Waals surface area (Å²) in [6.45, 7) is 2.40. The molecule has 0 bridgehead atoms. The second-order valence-electron chi connectivity index (χ2n) is 5.93. The van der Waals surface area contributed by atoms with Gasteiger partial charge < -0.3 is 14.8 Å². The van der Waals surface area contributed by atoms with E-state index < -0.39 is 0 Å². The number of aryl methyl sites for hydroxylation is 1. The van der Waals surface area contributed by atoms with Crippen LogP contribution in [0.15, 0.2) is 48.8 Å². The standard InChI is InChI=1S/C19H21N5O3/c1-14-5-6-15(24-13-20-22-23-24)12-18(14)21-19(25)4-3-11-27-17-9-7-16(26-2)8-10-17/h5-10,12-13H,3-4,11H2,1-2H3,(H,21,25). The zero-order valence-electron chi connectivity index (χ0n) is 15.3. The van der Waals surface area contributed by atoms with Crippen LogP contribution in [0.5, 0.6) is 11.5 Å². The van der Waals surface area contributed by atoms with Crippen LogP contribution in [0.25, 0.3) is 5.69 Å². The van der Waals surface area contributed by atoms with Gasteiger partial charge in [0.15, 0.2) is 0 Å². The third-order valence-electron chi connectivity index (χ3n) is 3.99. The molecule has 0 fully saturated rings. The number of hydrogen-bond acceptors (Lipinski definition) is 6. The summed E-state index contributed by atoms with van der Waals surface area (Å²) in [6.07, 6.45) is 2.49. The minimum Gasteiger partial charge on any atom is -0.497 e. The molecule has 0 saturated carbocycles. The molecule has 27 heavy (non-hydrogen) atoms. The summed E-state index contributed by atoms with van der Waals surface area (Å²) in [6, 6.07) is 13.0. The van der Waals surface area contributed by atoms with Crippen molar-refractivity contribution in [2.45, 2.75) is 19.8 Å². The number of carbonyl (C=O) groups is 1. The van der Waals surface area contributed by atoms with E-state index in [1.54, 1.807) is 7.11 Å². The molecule has 0 saturated heterocycles. The van der Waals surface area contributed by atoms with Gasteiger partial charge in [-0.15, -0.1) is 5.10 Å². The SMILES string of the molecule is COc1ccc(OCCCC(=O)Nc2cc(-n3cnnn3)ccc2C)cc1. The van der Waals surface area contributed by atoms with Crippen LogP contribution in [0.4, 0.5) is 5.69 Å². The molecule has 8 nitrogen and oxygen atoms in total. The highest BCUT2D eigenvalue weighted by molar-refractivity contribution is 5.91. The zero-order valence-corrected chi connectivity index (χ0v) is 15.3. The molecule has 3 aromatic rings. The Bertz CT molecular complexity index is 879. The van der Waals surface area contributed by atoms with Gasteiger partial charge in [-0.05, 0) is 65.7 Å². The monoisotopic (exact) mass is 367 g/mol. The average molecular weight is 367 g/mol. The van der Waals surface area contributed by atoms with E-state index in [1.165, 1.54) is 11.0 Å². The first-order chi connectivity index (χ1) is 13.2. The Kier molecular flexibility index (Phi) is 5.98. The maximum Gasteiger partial charge on any atom is 0.224 e. The first kappa shape index (κ1) is 18.4. The summed E-state index contributed by atoms with van der Waals surface area (Å²) >= 11 is 0.